The standard InChI is InChI=1S/C7H6O5.CH2O3.Ca/c8-4-1-3(7(11)12)2-5(9)6(4)10;2-1(3)4;/h1-2,8-10H,(H,11,12);(H2,2,3,4);/q;;+2/p-2. The molecule has 0 aliphatic rings. The summed E-state index contributed by atoms with van der Waals surface area (Å²) < 4.78 is 0. The average molecular weight is 270 g/mol. The summed E-state index contributed by atoms with van der Waals surface area (Å²) in [5.74, 6) is -3.33. The first-order valence-electron chi connectivity index (χ1n) is 3.62. The maximum Gasteiger partial charge on any atom is 2.00 e. The average Bonchev–Trinajstić information content (AvgIpc) is 2.12. The van der Waals surface area contributed by atoms with Crippen molar-refractivity contribution in [1.29, 1.82) is 0 Å². The zero-order valence-corrected chi connectivity index (χ0v) is 10.5. The Balaban J connectivity index is 0. The maximum atomic E-state index is 10.3. The third-order valence-electron chi connectivity index (χ3n) is 1.32. The van der Waals surface area contributed by atoms with Gasteiger partial charge in [-0.05, 0) is 18.3 Å². The molecule has 1 rings (SSSR count). The third-order valence-corrected chi connectivity index (χ3v) is 1.32. The number of phenolic OH excluding ortho intramolecular Hbond substituents is 3. The van der Waals surface area contributed by atoms with Crippen LogP contribution in [0.5, 0.6) is 17.2 Å². The molecule has 88 valence electrons. The zero-order chi connectivity index (χ0) is 12.9. The molecule has 0 radical (unpaired) electrons. The second-order valence-electron chi connectivity index (χ2n) is 2.42. The molecule has 1 aromatic rings. The fourth-order valence-corrected chi connectivity index (χ4v) is 0.728. The molecule has 1 aromatic carbocycles. The summed E-state index contributed by atoms with van der Waals surface area (Å²) in [6.45, 7) is 0. The monoisotopic (exact) mass is 270 g/mol. The van der Waals surface area contributed by atoms with E-state index in [9.17, 15) is 4.79 Å². The maximum absolute atomic E-state index is 10.3. The van der Waals surface area contributed by atoms with Crippen LogP contribution >= 0.6 is 0 Å². The van der Waals surface area contributed by atoms with Crippen LogP contribution in [0.2, 0.25) is 0 Å². The topological polar surface area (TPSA) is 161 Å². The van der Waals surface area contributed by atoms with Gasteiger partial charge in [-0.2, -0.15) is 0 Å². The normalized spacial score (nSPS) is 8.24. The van der Waals surface area contributed by atoms with Crippen LogP contribution in [0.25, 0.3) is 0 Å². The molecular weight excluding hydrogens is 264 g/mol. The zero-order valence-electron chi connectivity index (χ0n) is 8.28. The molecule has 0 amide bonds. The van der Waals surface area contributed by atoms with Crippen molar-refractivity contribution in [2.24, 2.45) is 0 Å². The van der Waals surface area contributed by atoms with E-state index >= 15 is 0 Å². The van der Waals surface area contributed by atoms with Crippen molar-refractivity contribution in [1.82, 2.24) is 0 Å². The minimum atomic E-state index is -2.33. The van der Waals surface area contributed by atoms with Gasteiger partial charge in [-0.25, -0.2) is 4.79 Å². The largest absolute Gasteiger partial charge is 2.00 e. The molecule has 0 unspecified atom stereocenters. The van der Waals surface area contributed by atoms with Crippen molar-refractivity contribution in [3.63, 3.8) is 0 Å². The van der Waals surface area contributed by atoms with Crippen molar-refractivity contribution < 1.29 is 40.2 Å². The first-order chi connectivity index (χ1) is 7.25. The predicted molar refractivity (Wildman–Crippen MR) is 49.5 cm³/mol. The number of carbonyl (C=O) groups excluding carboxylic acids is 1. The van der Waals surface area contributed by atoms with Crippen LogP contribution in [0.4, 0.5) is 4.79 Å². The number of aromatic carboxylic acids is 1. The van der Waals surface area contributed by atoms with Gasteiger partial charge in [0.25, 0.3) is 0 Å². The Morgan fingerprint density at radius 3 is 1.53 bits per heavy atom. The van der Waals surface area contributed by atoms with E-state index < -0.39 is 29.4 Å². The molecule has 9 heteroatoms. The molecule has 0 aromatic heterocycles. The quantitative estimate of drug-likeness (QED) is 0.326. The fraction of sp³-hybridized carbons (Fsp3) is 0. The Kier molecular flexibility index (Phi) is 8.28. The summed E-state index contributed by atoms with van der Waals surface area (Å²) in [7, 11) is 0. The van der Waals surface area contributed by atoms with Crippen molar-refractivity contribution >= 4 is 49.9 Å². The van der Waals surface area contributed by atoms with E-state index in [4.69, 9.17) is 35.4 Å². The Labute approximate surface area is 124 Å². The first-order valence-corrected chi connectivity index (χ1v) is 3.62. The minimum absolute atomic E-state index is 0. The van der Waals surface area contributed by atoms with Gasteiger partial charge in [0.2, 0.25) is 0 Å². The molecule has 0 aliphatic heterocycles. The first kappa shape index (κ1) is 18.0. The third kappa shape index (κ3) is 6.72. The molecular formula is C8H6CaO8. The second kappa shape index (κ2) is 7.82. The van der Waals surface area contributed by atoms with Crippen LogP contribution in [0.3, 0.4) is 0 Å². The number of hydrogen-bond acceptors (Lipinski definition) is 7. The van der Waals surface area contributed by atoms with Crippen LogP contribution < -0.4 is 10.2 Å². The summed E-state index contributed by atoms with van der Waals surface area (Å²) in [5, 5.41) is 51.6. The second-order valence-corrected chi connectivity index (χ2v) is 2.42. The van der Waals surface area contributed by atoms with Gasteiger partial charge in [0, 0.05) is 0 Å². The SMILES string of the molecule is O=C(O)c1cc(O)c(O)c(O)c1.O=C([O-])[O-].[Ca+2]. The Morgan fingerprint density at radius 1 is 1.00 bits per heavy atom. The molecule has 0 saturated carbocycles. The molecule has 0 saturated heterocycles. The summed E-state index contributed by atoms with van der Waals surface area (Å²) in [4.78, 5) is 18.6. The molecule has 0 fully saturated rings. The van der Waals surface area contributed by atoms with Gasteiger partial charge in [0.05, 0.1) is 5.56 Å². The van der Waals surface area contributed by atoms with E-state index in [1.165, 1.54) is 0 Å². The van der Waals surface area contributed by atoms with Crippen molar-refractivity contribution in [2.75, 3.05) is 0 Å². The molecule has 4 N–H and O–H groups in total. The van der Waals surface area contributed by atoms with E-state index in [2.05, 4.69) is 0 Å². The Morgan fingerprint density at radius 2 is 1.29 bits per heavy atom. The summed E-state index contributed by atoms with van der Waals surface area (Å²) in [5.41, 5.74) is -0.289. The molecule has 0 aliphatic carbocycles. The number of carboxylic acid groups (broad SMARTS) is 3. The van der Waals surface area contributed by atoms with Gasteiger partial charge in [0.1, 0.15) is 0 Å². The number of aromatic hydroxyl groups is 3. The van der Waals surface area contributed by atoms with Gasteiger partial charge in [-0.15, -0.1) is 0 Å². The Bertz CT molecular complexity index is 389. The number of hydrogen-bond donors (Lipinski definition) is 4. The van der Waals surface area contributed by atoms with E-state index in [-0.39, 0.29) is 43.3 Å². The number of phenols is 3. The molecule has 0 heterocycles. The number of rotatable bonds is 1. The summed E-state index contributed by atoms with van der Waals surface area (Å²) in [6.07, 6.45) is -2.33. The minimum Gasteiger partial charge on any atom is -0.652 e. The number of benzene rings is 1. The number of carboxylic acids is 1. The predicted octanol–water partition coefficient (Wildman–Crippen LogP) is -2.33. The molecule has 0 bridgehead atoms. The van der Waals surface area contributed by atoms with Crippen molar-refractivity contribution in [2.45, 2.75) is 0 Å². The summed E-state index contributed by atoms with van der Waals surface area (Å²) >= 11 is 0. The van der Waals surface area contributed by atoms with Crippen LogP contribution in [0.1, 0.15) is 10.4 Å². The van der Waals surface area contributed by atoms with Crippen LogP contribution in [0.15, 0.2) is 12.1 Å². The van der Waals surface area contributed by atoms with Crippen molar-refractivity contribution in [3.05, 3.63) is 17.7 Å². The van der Waals surface area contributed by atoms with Gasteiger partial charge in [0.15, 0.2) is 17.2 Å². The summed E-state index contributed by atoms with van der Waals surface area (Å²) in [6, 6.07) is 1.69. The van der Waals surface area contributed by atoms with Gasteiger partial charge in [-0.3, -0.25) is 0 Å². The molecule has 17 heavy (non-hydrogen) atoms. The van der Waals surface area contributed by atoms with E-state index in [0.29, 0.717) is 0 Å². The fourth-order valence-electron chi connectivity index (χ4n) is 0.728. The van der Waals surface area contributed by atoms with E-state index in [0.717, 1.165) is 12.1 Å². The van der Waals surface area contributed by atoms with Gasteiger partial charge >= 0.3 is 43.7 Å². The van der Waals surface area contributed by atoms with Crippen molar-refractivity contribution in [3.8, 4) is 17.2 Å². The van der Waals surface area contributed by atoms with Gasteiger partial charge in [-0.1, -0.05) is 0 Å². The smallest absolute Gasteiger partial charge is 0.652 e. The molecule has 0 atom stereocenters. The number of carbonyl (C=O) groups is 2. The van der Waals surface area contributed by atoms with Gasteiger partial charge < -0.3 is 35.4 Å². The Hall–Kier alpha value is -1.38. The van der Waals surface area contributed by atoms with Crippen LogP contribution in [-0.4, -0.2) is 70.3 Å². The van der Waals surface area contributed by atoms with Crippen LogP contribution in [0, 0.1) is 0 Å². The van der Waals surface area contributed by atoms with Crippen LogP contribution in [-0.2, 0) is 0 Å². The molecule has 8 nitrogen and oxygen atoms in total. The molecule has 0 spiro atoms. The van der Waals surface area contributed by atoms with E-state index in [1.807, 2.05) is 0 Å². The van der Waals surface area contributed by atoms with E-state index in [1.54, 1.807) is 0 Å².